The Bertz CT molecular complexity index is 1940. The fraction of sp³-hybridized carbons (Fsp3) is 0.0455. The molecule has 0 saturated heterocycles. The SMILES string of the molecule is OCc1ccccc1C1c2ccc(N(c3ccccc3)c3ccccc3)cc2Oc2cc(N(c3ccccc3)c3ccccc3)ccc21. The second-order valence-electron chi connectivity index (χ2n) is 11.8. The van der Waals surface area contributed by atoms with Crippen LogP contribution in [0.3, 0.4) is 0 Å². The van der Waals surface area contributed by atoms with Crippen molar-refractivity contribution in [1.29, 1.82) is 0 Å². The molecule has 1 heterocycles. The third-order valence-corrected chi connectivity index (χ3v) is 8.95. The molecular formula is C44H34N2O2. The lowest BCUT2D eigenvalue weighted by Crippen LogP contribution is -2.16. The minimum Gasteiger partial charge on any atom is -0.457 e. The van der Waals surface area contributed by atoms with E-state index in [9.17, 15) is 5.11 Å². The van der Waals surface area contributed by atoms with Crippen molar-refractivity contribution in [1.82, 2.24) is 0 Å². The van der Waals surface area contributed by atoms with Crippen LogP contribution in [0.2, 0.25) is 0 Å². The lowest BCUT2D eigenvalue weighted by molar-refractivity contribution is 0.280. The van der Waals surface area contributed by atoms with Gasteiger partial charge >= 0.3 is 0 Å². The molecule has 8 rings (SSSR count). The maximum absolute atomic E-state index is 10.4. The molecule has 4 nitrogen and oxygen atoms in total. The highest BCUT2D eigenvalue weighted by molar-refractivity contribution is 5.80. The molecule has 0 bridgehead atoms. The molecule has 0 amide bonds. The summed E-state index contributed by atoms with van der Waals surface area (Å²) in [6, 6.07) is 62.8. The topological polar surface area (TPSA) is 35.9 Å². The Balaban J connectivity index is 1.30. The van der Waals surface area contributed by atoms with Gasteiger partial charge in [-0.05, 0) is 71.8 Å². The van der Waals surface area contributed by atoms with Crippen LogP contribution in [0.5, 0.6) is 11.5 Å². The zero-order valence-corrected chi connectivity index (χ0v) is 26.4. The molecule has 48 heavy (non-hydrogen) atoms. The van der Waals surface area contributed by atoms with Crippen LogP contribution in [0.25, 0.3) is 0 Å². The van der Waals surface area contributed by atoms with E-state index in [-0.39, 0.29) is 12.5 Å². The third-order valence-electron chi connectivity index (χ3n) is 8.95. The molecule has 0 aliphatic carbocycles. The summed E-state index contributed by atoms with van der Waals surface area (Å²) in [5.41, 5.74) is 10.3. The van der Waals surface area contributed by atoms with Crippen LogP contribution in [-0.2, 0) is 6.61 Å². The van der Waals surface area contributed by atoms with E-state index in [1.807, 2.05) is 42.5 Å². The Morgan fingerprint density at radius 3 is 1.17 bits per heavy atom. The minimum absolute atomic E-state index is 0.0417. The molecule has 1 aliphatic heterocycles. The van der Waals surface area contributed by atoms with Crippen LogP contribution < -0.4 is 14.5 Å². The molecule has 7 aromatic rings. The van der Waals surface area contributed by atoms with E-state index >= 15 is 0 Å². The van der Waals surface area contributed by atoms with Gasteiger partial charge in [0, 0.05) is 63.3 Å². The first kappa shape index (κ1) is 29.3. The maximum atomic E-state index is 10.4. The normalized spacial score (nSPS) is 12.0. The molecule has 0 radical (unpaired) electrons. The molecule has 0 saturated carbocycles. The third kappa shape index (κ3) is 5.49. The molecule has 232 valence electrons. The molecule has 1 N–H and O–H groups in total. The van der Waals surface area contributed by atoms with E-state index in [4.69, 9.17) is 4.74 Å². The Labute approximate surface area is 281 Å². The number of nitrogens with zero attached hydrogens (tertiary/aromatic N) is 2. The zero-order valence-electron chi connectivity index (χ0n) is 26.4. The van der Waals surface area contributed by atoms with Crippen LogP contribution in [-0.4, -0.2) is 5.11 Å². The van der Waals surface area contributed by atoms with Gasteiger partial charge in [-0.15, -0.1) is 0 Å². The number of aliphatic hydroxyl groups is 1. The van der Waals surface area contributed by atoms with E-state index in [1.54, 1.807) is 0 Å². The summed E-state index contributed by atoms with van der Waals surface area (Å²) in [5, 5.41) is 10.4. The van der Waals surface area contributed by atoms with Gasteiger partial charge in [-0.2, -0.15) is 0 Å². The number of anilines is 6. The Morgan fingerprint density at radius 2 is 0.771 bits per heavy atom. The van der Waals surface area contributed by atoms with Crippen LogP contribution in [0, 0.1) is 0 Å². The number of benzene rings is 7. The van der Waals surface area contributed by atoms with E-state index < -0.39 is 0 Å². The Morgan fingerprint density at radius 1 is 0.396 bits per heavy atom. The van der Waals surface area contributed by atoms with Crippen LogP contribution in [0.1, 0.15) is 28.2 Å². The first-order valence-corrected chi connectivity index (χ1v) is 16.2. The molecule has 4 heteroatoms. The smallest absolute Gasteiger partial charge is 0.133 e. The summed E-state index contributed by atoms with van der Waals surface area (Å²) in [6.07, 6.45) is 0. The number of aliphatic hydroxyl groups excluding tert-OH is 1. The second kappa shape index (κ2) is 13.0. The van der Waals surface area contributed by atoms with Crippen molar-refractivity contribution in [2.45, 2.75) is 12.5 Å². The molecule has 0 aromatic heterocycles. The van der Waals surface area contributed by atoms with Gasteiger partial charge in [0.05, 0.1) is 6.61 Å². The van der Waals surface area contributed by atoms with Gasteiger partial charge < -0.3 is 19.6 Å². The van der Waals surface area contributed by atoms with Crippen molar-refractivity contribution in [2.75, 3.05) is 9.80 Å². The number of ether oxygens (including phenoxy) is 1. The minimum atomic E-state index is -0.126. The first-order chi connectivity index (χ1) is 23.8. The molecule has 7 aromatic carbocycles. The summed E-state index contributed by atoms with van der Waals surface area (Å²) in [7, 11) is 0. The van der Waals surface area contributed by atoms with E-state index in [2.05, 4.69) is 149 Å². The summed E-state index contributed by atoms with van der Waals surface area (Å²) in [6.45, 7) is -0.0417. The predicted molar refractivity (Wildman–Crippen MR) is 196 cm³/mol. The van der Waals surface area contributed by atoms with E-state index in [0.29, 0.717) is 0 Å². The summed E-state index contributed by atoms with van der Waals surface area (Å²) < 4.78 is 6.91. The number of fused-ring (bicyclic) bond motifs is 2. The highest BCUT2D eigenvalue weighted by Gasteiger charge is 2.32. The van der Waals surface area contributed by atoms with Crippen LogP contribution in [0.15, 0.2) is 182 Å². The average Bonchev–Trinajstić information content (AvgIpc) is 3.16. The van der Waals surface area contributed by atoms with Crippen LogP contribution in [0.4, 0.5) is 34.1 Å². The summed E-state index contributed by atoms with van der Waals surface area (Å²) in [5.74, 6) is 1.45. The molecule has 1 aliphatic rings. The van der Waals surface area contributed by atoms with Crippen molar-refractivity contribution >= 4 is 34.1 Å². The standard InChI is InChI=1S/C44H34N2O2/c47-31-32-15-13-14-24-39(32)44-40-27-25-37(45(33-16-5-1-6-17-33)34-18-7-2-8-19-34)29-42(40)48-43-30-38(26-28-41(43)44)46(35-20-9-3-10-21-35)36-22-11-4-12-23-36/h1-30,44,47H,31H2. The van der Waals surface area contributed by atoms with Crippen molar-refractivity contribution < 1.29 is 9.84 Å². The number of rotatable bonds is 8. The van der Waals surface area contributed by atoms with Gasteiger partial charge in [0.1, 0.15) is 11.5 Å². The Kier molecular flexibility index (Phi) is 7.91. The lowest BCUT2D eigenvalue weighted by atomic mass is 9.80. The van der Waals surface area contributed by atoms with Gasteiger partial charge in [0.15, 0.2) is 0 Å². The van der Waals surface area contributed by atoms with Gasteiger partial charge in [0.25, 0.3) is 0 Å². The van der Waals surface area contributed by atoms with Crippen molar-refractivity contribution in [3.05, 3.63) is 204 Å². The molecule has 0 spiro atoms. The van der Waals surface area contributed by atoms with Gasteiger partial charge in [0.2, 0.25) is 0 Å². The first-order valence-electron chi connectivity index (χ1n) is 16.2. The quantitative estimate of drug-likeness (QED) is 0.183. The van der Waals surface area contributed by atoms with Crippen molar-refractivity contribution in [3.63, 3.8) is 0 Å². The number of hydrogen-bond acceptors (Lipinski definition) is 4. The lowest BCUT2D eigenvalue weighted by Gasteiger charge is -2.33. The average molecular weight is 623 g/mol. The fourth-order valence-corrected chi connectivity index (χ4v) is 6.76. The van der Waals surface area contributed by atoms with Gasteiger partial charge in [-0.3, -0.25) is 0 Å². The zero-order chi connectivity index (χ0) is 32.3. The van der Waals surface area contributed by atoms with Crippen molar-refractivity contribution in [3.8, 4) is 11.5 Å². The molecule has 0 atom stereocenters. The fourth-order valence-electron chi connectivity index (χ4n) is 6.76. The van der Waals surface area contributed by atoms with Crippen molar-refractivity contribution in [2.24, 2.45) is 0 Å². The summed E-state index contributed by atoms with van der Waals surface area (Å²) in [4.78, 5) is 4.50. The van der Waals surface area contributed by atoms with E-state index in [1.165, 1.54) is 0 Å². The second-order valence-corrected chi connectivity index (χ2v) is 11.8. The van der Waals surface area contributed by atoms with E-state index in [0.717, 1.165) is 67.9 Å². The highest BCUT2D eigenvalue weighted by Crippen LogP contribution is 2.51. The molecular weight excluding hydrogens is 588 g/mol. The largest absolute Gasteiger partial charge is 0.457 e. The molecule has 0 fully saturated rings. The Hall–Kier alpha value is -6.10. The monoisotopic (exact) mass is 622 g/mol. The highest BCUT2D eigenvalue weighted by atomic mass is 16.5. The molecule has 0 unspecified atom stereocenters. The number of hydrogen-bond donors (Lipinski definition) is 1. The van der Waals surface area contributed by atoms with Crippen LogP contribution >= 0.6 is 0 Å². The van der Waals surface area contributed by atoms with Gasteiger partial charge in [-0.1, -0.05) is 109 Å². The van der Waals surface area contributed by atoms with Gasteiger partial charge in [-0.25, -0.2) is 0 Å². The maximum Gasteiger partial charge on any atom is 0.133 e. The predicted octanol–water partition coefficient (Wildman–Crippen LogP) is 11.4. The number of para-hydroxylation sites is 4. The summed E-state index contributed by atoms with van der Waals surface area (Å²) >= 11 is 0.